The Kier molecular flexibility index (Phi) is 6.54. The summed E-state index contributed by atoms with van der Waals surface area (Å²) >= 11 is 1.40. The lowest BCUT2D eigenvalue weighted by molar-refractivity contribution is 0.0924. The largest absolute Gasteiger partial charge is 0.382 e. The van der Waals surface area contributed by atoms with Crippen LogP contribution < -0.4 is 21.7 Å². The molecule has 0 saturated carbocycles. The number of hydrogen-bond donors (Lipinski definition) is 4. The van der Waals surface area contributed by atoms with Crippen LogP contribution in [0.2, 0.25) is 0 Å². The Morgan fingerprint density at radius 1 is 1.23 bits per heavy atom. The van der Waals surface area contributed by atoms with Gasteiger partial charge >= 0.3 is 0 Å². The molecule has 1 aliphatic rings. The molecule has 0 radical (unpaired) electrons. The van der Waals surface area contributed by atoms with Crippen LogP contribution in [0.15, 0.2) is 48.0 Å². The molecule has 0 aliphatic carbocycles. The highest BCUT2D eigenvalue weighted by Crippen LogP contribution is 2.20. The Bertz CT molecular complexity index is 1060. The molecule has 1 fully saturated rings. The van der Waals surface area contributed by atoms with Crippen molar-refractivity contribution in [3.63, 3.8) is 0 Å². The lowest BCUT2D eigenvalue weighted by atomic mass is 10.1. The van der Waals surface area contributed by atoms with Crippen molar-refractivity contribution in [2.45, 2.75) is 25.4 Å². The molecule has 2 amide bonds. The Morgan fingerprint density at radius 3 is 2.90 bits per heavy atom. The molecule has 1 saturated heterocycles. The molecule has 31 heavy (non-hydrogen) atoms. The monoisotopic (exact) mass is 436 g/mol. The number of hydrogen-bond acceptors (Lipinski definition) is 7. The summed E-state index contributed by atoms with van der Waals surface area (Å²) in [5, 5.41) is 11.0. The van der Waals surface area contributed by atoms with Crippen molar-refractivity contribution < 1.29 is 9.59 Å². The highest BCUT2D eigenvalue weighted by atomic mass is 32.1. The fourth-order valence-corrected chi connectivity index (χ4v) is 4.09. The molecule has 5 N–H and O–H groups in total. The maximum absolute atomic E-state index is 12.7. The standard InChI is InChI=1S/C22H24N6O2S/c23-20-19(22(30)27-16-6-2-8-24-12-16)28-17(13-25-20)15-5-1-4-14(10-15)11-26-21(29)18-7-3-9-31-18/h1,3-5,7,9-10,13,16,24H,2,6,8,11-12H2,(H2,23,25)(H,26,29)(H,27,30). The Hall–Kier alpha value is -3.30. The molecule has 3 heterocycles. The van der Waals surface area contributed by atoms with Crippen LogP contribution in [0.5, 0.6) is 0 Å². The first-order chi connectivity index (χ1) is 15.1. The number of anilines is 1. The molecule has 8 nitrogen and oxygen atoms in total. The summed E-state index contributed by atoms with van der Waals surface area (Å²) in [6.45, 7) is 2.08. The number of nitrogens with two attached hydrogens (primary N) is 1. The summed E-state index contributed by atoms with van der Waals surface area (Å²) < 4.78 is 0. The number of rotatable bonds is 6. The summed E-state index contributed by atoms with van der Waals surface area (Å²) in [5.41, 5.74) is 8.32. The van der Waals surface area contributed by atoms with Crippen molar-refractivity contribution in [3.8, 4) is 11.3 Å². The predicted molar refractivity (Wildman–Crippen MR) is 121 cm³/mol. The van der Waals surface area contributed by atoms with Gasteiger partial charge in [-0.3, -0.25) is 9.59 Å². The van der Waals surface area contributed by atoms with E-state index in [-0.39, 0.29) is 29.4 Å². The third-order valence-electron chi connectivity index (χ3n) is 5.07. The summed E-state index contributed by atoms with van der Waals surface area (Å²) in [5.74, 6) is -0.326. The van der Waals surface area contributed by atoms with E-state index in [1.54, 1.807) is 12.3 Å². The molecule has 2 aromatic heterocycles. The van der Waals surface area contributed by atoms with Gasteiger partial charge in [-0.25, -0.2) is 9.97 Å². The van der Waals surface area contributed by atoms with Gasteiger partial charge in [-0.05, 0) is 42.5 Å². The van der Waals surface area contributed by atoms with E-state index >= 15 is 0 Å². The third kappa shape index (κ3) is 5.25. The minimum Gasteiger partial charge on any atom is -0.382 e. The van der Waals surface area contributed by atoms with Crippen LogP contribution in [0.25, 0.3) is 11.3 Å². The van der Waals surface area contributed by atoms with Crippen molar-refractivity contribution in [2.24, 2.45) is 0 Å². The molecule has 3 aromatic rings. The number of thiophene rings is 1. The van der Waals surface area contributed by atoms with Gasteiger partial charge in [-0.2, -0.15) is 0 Å². The minimum absolute atomic E-state index is 0.0568. The fourth-order valence-electron chi connectivity index (χ4n) is 3.45. The Balaban J connectivity index is 1.47. The van der Waals surface area contributed by atoms with Gasteiger partial charge in [0, 0.05) is 24.7 Å². The van der Waals surface area contributed by atoms with Crippen LogP contribution in [-0.4, -0.2) is 40.9 Å². The molecule has 1 aromatic carbocycles. The van der Waals surface area contributed by atoms with Crippen molar-refractivity contribution in [1.29, 1.82) is 0 Å². The van der Waals surface area contributed by atoms with Gasteiger partial charge < -0.3 is 21.7 Å². The number of carbonyl (C=O) groups excluding carboxylic acids is 2. The summed E-state index contributed by atoms with van der Waals surface area (Å²) in [6, 6.07) is 11.3. The van der Waals surface area contributed by atoms with Gasteiger partial charge in [-0.15, -0.1) is 11.3 Å². The van der Waals surface area contributed by atoms with E-state index < -0.39 is 0 Å². The number of nitrogens with zero attached hydrogens (tertiary/aromatic N) is 2. The maximum atomic E-state index is 12.7. The summed E-state index contributed by atoms with van der Waals surface area (Å²) in [7, 11) is 0. The summed E-state index contributed by atoms with van der Waals surface area (Å²) in [6.07, 6.45) is 3.49. The molecule has 4 rings (SSSR count). The number of amides is 2. The SMILES string of the molecule is Nc1ncc(-c2cccc(CNC(=O)c3cccs3)c2)nc1C(=O)NC1CCCNC1. The molecular weight excluding hydrogens is 412 g/mol. The highest BCUT2D eigenvalue weighted by Gasteiger charge is 2.20. The average Bonchev–Trinajstić information content (AvgIpc) is 3.34. The molecule has 160 valence electrons. The van der Waals surface area contributed by atoms with E-state index in [1.165, 1.54) is 11.3 Å². The molecule has 1 aliphatic heterocycles. The van der Waals surface area contributed by atoms with E-state index in [9.17, 15) is 9.59 Å². The first-order valence-electron chi connectivity index (χ1n) is 10.2. The quantitative estimate of drug-likeness (QED) is 0.470. The maximum Gasteiger partial charge on any atom is 0.274 e. The third-order valence-corrected chi connectivity index (χ3v) is 5.94. The zero-order valence-corrected chi connectivity index (χ0v) is 17.7. The van der Waals surface area contributed by atoms with Gasteiger partial charge in [0.05, 0.1) is 16.8 Å². The van der Waals surface area contributed by atoms with E-state index in [0.29, 0.717) is 17.1 Å². The number of carbonyl (C=O) groups is 2. The molecule has 9 heteroatoms. The van der Waals surface area contributed by atoms with Gasteiger partial charge in [0.15, 0.2) is 11.5 Å². The molecule has 0 bridgehead atoms. The molecule has 0 spiro atoms. The van der Waals surface area contributed by atoms with Crippen molar-refractivity contribution in [3.05, 3.63) is 64.1 Å². The van der Waals surface area contributed by atoms with E-state index in [1.807, 2.05) is 35.7 Å². The van der Waals surface area contributed by atoms with Crippen molar-refractivity contribution >= 4 is 29.0 Å². The zero-order valence-electron chi connectivity index (χ0n) is 16.9. The highest BCUT2D eigenvalue weighted by molar-refractivity contribution is 7.12. The van der Waals surface area contributed by atoms with Crippen molar-refractivity contribution in [2.75, 3.05) is 18.8 Å². The first-order valence-corrected chi connectivity index (χ1v) is 11.0. The average molecular weight is 437 g/mol. The van der Waals surface area contributed by atoms with Gasteiger partial charge in [-0.1, -0.05) is 24.3 Å². The second-order valence-electron chi connectivity index (χ2n) is 7.37. The van der Waals surface area contributed by atoms with Crippen LogP contribution in [-0.2, 0) is 6.54 Å². The normalized spacial score (nSPS) is 15.9. The van der Waals surface area contributed by atoms with Crippen molar-refractivity contribution in [1.82, 2.24) is 25.9 Å². The second kappa shape index (κ2) is 9.67. The van der Waals surface area contributed by atoms with Gasteiger partial charge in [0.25, 0.3) is 11.8 Å². The van der Waals surface area contributed by atoms with Crippen LogP contribution in [0.3, 0.4) is 0 Å². The lowest BCUT2D eigenvalue weighted by Gasteiger charge is -2.23. The lowest BCUT2D eigenvalue weighted by Crippen LogP contribution is -2.46. The van der Waals surface area contributed by atoms with E-state index in [2.05, 4.69) is 25.9 Å². The van der Waals surface area contributed by atoms with Crippen LogP contribution in [0.4, 0.5) is 5.82 Å². The van der Waals surface area contributed by atoms with Crippen LogP contribution in [0.1, 0.15) is 38.6 Å². The first kappa shape index (κ1) is 21.0. The van der Waals surface area contributed by atoms with E-state index in [4.69, 9.17) is 5.73 Å². The fraction of sp³-hybridized carbons (Fsp3) is 0.273. The number of piperidine rings is 1. The number of aromatic nitrogens is 2. The molecular formula is C22H24N6O2S. The van der Waals surface area contributed by atoms with Gasteiger partial charge in [0.2, 0.25) is 0 Å². The predicted octanol–water partition coefficient (Wildman–Crippen LogP) is 2.20. The van der Waals surface area contributed by atoms with E-state index in [0.717, 1.165) is 37.1 Å². The summed E-state index contributed by atoms with van der Waals surface area (Å²) in [4.78, 5) is 34.2. The number of nitrogen functional groups attached to an aromatic ring is 1. The molecule has 1 atom stereocenters. The Morgan fingerprint density at radius 2 is 2.13 bits per heavy atom. The second-order valence-corrected chi connectivity index (χ2v) is 8.31. The number of nitrogens with one attached hydrogen (secondary N) is 3. The number of benzene rings is 1. The van der Waals surface area contributed by atoms with Crippen LogP contribution in [0, 0.1) is 0 Å². The van der Waals surface area contributed by atoms with Gasteiger partial charge in [0.1, 0.15) is 0 Å². The topological polar surface area (TPSA) is 122 Å². The minimum atomic E-state index is -0.320. The zero-order chi connectivity index (χ0) is 21.6. The smallest absolute Gasteiger partial charge is 0.274 e. The molecule has 1 unspecified atom stereocenters. The van der Waals surface area contributed by atoms with Crippen LogP contribution >= 0.6 is 11.3 Å². The Labute approximate surface area is 184 Å².